The Morgan fingerprint density at radius 3 is 2.22 bits per heavy atom. The van der Waals surface area contributed by atoms with Crippen molar-refractivity contribution in [2.75, 3.05) is 18.4 Å². The topological polar surface area (TPSA) is 91.4 Å². The van der Waals surface area contributed by atoms with Crippen LogP contribution in [0.5, 0.6) is 0 Å². The molecular formula is C24H26N4O3S. The zero-order valence-electron chi connectivity index (χ0n) is 17.7. The van der Waals surface area contributed by atoms with Crippen molar-refractivity contribution in [2.24, 2.45) is 0 Å². The predicted molar refractivity (Wildman–Crippen MR) is 125 cm³/mol. The van der Waals surface area contributed by atoms with Gasteiger partial charge in [-0.15, -0.1) is 11.3 Å². The molecule has 0 aliphatic carbocycles. The fourth-order valence-electron chi connectivity index (χ4n) is 3.10. The van der Waals surface area contributed by atoms with E-state index in [1.807, 2.05) is 60.7 Å². The first kappa shape index (κ1) is 23.1. The van der Waals surface area contributed by atoms with Crippen molar-refractivity contribution >= 4 is 34.2 Å². The molecule has 0 atom stereocenters. The minimum Gasteiger partial charge on any atom is -0.354 e. The number of anilines is 1. The van der Waals surface area contributed by atoms with E-state index in [0.717, 1.165) is 17.5 Å². The lowest BCUT2D eigenvalue weighted by Gasteiger charge is -2.22. The average Bonchev–Trinajstić information content (AvgIpc) is 3.31. The molecule has 1 aromatic heterocycles. The van der Waals surface area contributed by atoms with Gasteiger partial charge in [0.1, 0.15) is 0 Å². The van der Waals surface area contributed by atoms with E-state index in [2.05, 4.69) is 15.6 Å². The van der Waals surface area contributed by atoms with Crippen LogP contribution in [0.3, 0.4) is 0 Å². The van der Waals surface area contributed by atoms with Crippen LogP contribution in [-0.2, 0) is 27.3 Å². The Morgan fingerprint density at radius 2 is 1.56 bits per heavy atom. The van der Waals surface area contributed by atoms with Crippen LogP contribution in [0.1, 0.15) is 24.0 Å². The SMILES string of the molecule is O=C(CN(Cc1ccccc1)C(=O)CCC(=O)Nc1nccs1)NCCc1ccccc1. The highest BCUT2D eigenvalue weighted by Gasteiger charge is 2.19. The minimum absolute atomic E-state index is 0.0152. The maximum Gasteiger partial charge on any atom is 0.239 e. The van der Waals surface area contributed by atoms with E-state index in [1.54, 1.807) is 11.6 Å². The first-order chi connectivity index (χ1) is 15.6. The molecule has 2 aromatic carbocycles. The number of amides is 3. The van der Waals surface area contributed by atoms with Crippen molar-refractivity contribution in [2.45, 2.75) is 25.8 Å². The molecule has 7 nitrogen and oxygen atoms in total. The molecule has 3 rings (SSSR count). The van der Waals surface area contributed by atoms with E-state index >= 15 is 0 Å². The molecule has 0 aliphatic heterocycles. The summed E-state index contributed by atoms with van der Waals surface area (Å²) in [7, 11) is 0. The van der Waals surface area contributed by atoms with Gasteiger partial charge in [-0.05, 0) is 17.5 Å². The molecule has 1 heterocycles. The molecule has 166 valence electrons. The number of hydrogen-bond donors (Lipinski definition) is 2. The van der Waals surface area contributed by atoms with Crippen molar-refractivity contribution in [1.29, 1.82) is 0 Å². The lowest BCUT2D eigenvalue weighted by atomic mass is 10.1. The molecule has 3 aromatic rings. The van der Waals surface area contributed by atoms with E-state index in [1.165, 1.54) is 16.2 Å². The lowest BCUT2D eigenvalue weighted by Crippen LogP contribution is -2.41. The number of carbonyl (C=O) groups is 3. The molecule has 0 saturated carbocycles. The molecule has 0 aliphatic rings. The molecular weight excluding hydrogens is 424 g/mol. The fourth-order valence-corrected chi connectivity index (χ4v) is 3.65. The Bertz CT molecular complexity index is 995. The lowest BCUT2D eigenvalue weighted by molar-refractivity contribution is -0.137. The largest absolute Gasteiger partial charge is 0.354 e. The summed E-state index contributed by atoms with van der Waals surface area (Å²) in [4.78, 5) is 42.9. The summed E-state index contributed by atoms with van der Waals surface area (Å²) in [6.45, 7) is 0.739. The van der Waals surface area contributed by atoms with Crippen LogP contribution in [0.15, 0.2) is 72.2 Å². The number of hydrogen-bond acceptors (Lipinski definition) is 5. The van der Waals surface area contributed by atoms with Gasteiger partial charge in [-0.1, -0.05) is 60.7 Å². The number of thiazole rings is 1. The fraction of sp³-hybridized carbons (Fsp3) is 0.250. The number of nitrogens with one attached hydrogen (secondary N) is 2. The number of rotatable bonds is 11. The van der Waals surface area contributed by atoms with Crippen LogP contribution in [-0.4, -0.2) is 40.7 Å². The Morgan fingerprint density at radius 1 is 0.875 bits per heavy atom. The molecule has 32 heavy (non-hydrogen) atoms. The third-order valence-corrected chi connectivity index (χ3v) is 5.42. The van der Waals surface area contributed by atoms with Gasteiger partial charge in [0.05, 0.1) is 6.54 Å². The Balaban J connectivity index is 1.52. The summed E-state index contributed by atoms with van der Waals surface area (Å²) < 4.78 is 0. The van der Waals surface area contributed by atoms with Gasteiger partial charge in [-0.3, -0.25) is 14.4 Å². The van der Waals surface area contributed by atoms with Gasteiger partial charge in [0, 0.05) is 37.5 Å². The van der Waals surface area contributed by atoms with Gasteiger partial charge < -0.3 is 15.5 Å². The highest BCUT2D eigenvalue weighted by atomic mass is 32.1. The Kier molecular flexibility index (Phi) is 8.94. The molecule has 8 heteroatoms. The summed E-state index contributed by atoms with van der Waals surface area (Å²) in [6.07, 6.45) is 2.36. The Hall–Kier alpha value is -3.52. The van der Waals surface area contributed by atoms with Gasteiger partial charge in [0.15, 0.2) is 5.13 Å². The summed E-state index contributed by atoms with van der Waals surface area (Å²) >= 11 is 1.32. The molecule has 0 radical (unpaired) electrons. The highest BCUT2D eigenvalue weighted by molar-refractivity contribution is 7.13. The van der Waals surface area contributed by atoms with Gasteiger partial charge in [0.25, 0.3) is 0 Å². The van der Waals surface area contributed by atoms with Gasteiger partial charge in [-0.2, -0.15) is 0 Å². The second-order valence-electron chi connectivity index (χ2n) is 7.21. The molecule has 0 fully saturated rings. The molecule has 0 saturated heterocycles. The maximum absolute atomic E-state index is 12.8. The highest BCUT2D eigenvalue weighted by Crippen LogP contribution is 2.12. The van der Waals surface area contributed by atoms with E-state index in [9.17, 15) is 14.4 Å². The molecule has 0 spiro atoms. The van der Waals surface area contributed by atoms with Crippen LogP contribution in [0.25, 0.3) is 0 Å². The monoisotopic (exact) mass is 450 g/mol. The number of benzene rings is 2. The second kappa shape index (κ2) is 12.4. The summed E-state index contributed by atoms with van der Waals surface area (Å²) in [5.41, 5.74) is 2.06. The molecule has 0 bridgehead atoms. The smallest absolute Gasteiger partial charge is 0.239 e. The average molecular weight is 451 g/mol. The summed E-state index contributed by atoms with van der Waals surface area (Å²) in [5.74, 6) is -0.751. The summed E-state index contributed by atoms with van der Waals surface area (Å²) in [6, 6.07) is 19.4. The third kappa shape index (κ3) is 7.96. The predicted octanol–water partition coefficient (Wildman–Crippen LogP) is 3.25. The number of carbonyl (C=O) groups excluding carboxylic acids is 3. The van der Waals surface area contributed by atoms with Crippen molar-refractivity contribution in [3.8, 4) is 0 Å². The second-order valence-corrected chi connectivity index (χ2v) is 8.10. The quantitative estimate of drug-likeness (QED) is 0.469. The van der Waals surface area contributed by atoms with Crippen molar-refractivity contribution in [1.82, 2.24) is 15.2 Å². The normalized spacial score (nSPS) is 10.4. The van der Waals surface area contributed by atoms with E-state index in [0.29, 0.717) is 18.2 Å². The van der Waals surface area contributed by atoms with Gasteiger partial charge >= 0.3 is 0 Å². The van der Waals surface area contributed by atoms with Crippen molar-refractivity contribution in [3.05, 3.63) is 83.4 Å². The number of nitrogens with zero attached hydrogens (tertiary/aromatic N) is 2. The molecule has 2 N–H and O–H groups in total. The molecule has 3 amide bonds. The van der Waals surface area contributed by atoms with Crippen molar-refractivity contribution < 1.29 is 14.4 Å². The van der Waals surface area contributed by atoms with Gasteiger partial charge in [0.2, 0.25) is 17.7 Å². The van der Waals surface area contributed by atoms with Crippen LogP contribution >= 0.6 is 11.3 Å². The van der Waals surface area contributed by atoms with Crippen LogP contribution < -0.4 is 10.6 Å². The van der Waals surface area contributed by atoms with Crippen molar-refractivity contribution in [3.63, 3.8) is 0 Å². The third-order valence-electron chi connectivity index (χ3n) is 4.73. The Labute approximate surface area is 191 Å². The van der Waals surface area contributed by atoms with Gasteiger partial charge in [-0.25, -0.2) is 4.98 Å². The van der Waals surface area contributed by atoms with E-state index < -0.39 is 0 Å². The van der Waals surface area contributed by atoms with E-state index in [4.69, 9.17) is 0 Å². The van der Waals surface area contributed by atoms with E-state index in [-0.39, 0.29) is 37.1 Å². The van der Waals surface area contributed by atoms with Crippen LogP contribution in [0.4, 0.5) is 5.13 Å². The zero-order valence-corrected chi connectivity index (χ0v) is 18.5. The first-order valence-electron chi connectivity index (χ1n) is 10.4. The number of aromatic nitrogens is 1. The van der Waals surface area contributed by atoms with Crippen LogP contribution in [0.2, 0.25) is 0 Å². The molecule has 0 unspecified atom stereocenters. The standard InChI is InChI=1S/C24H26N4O3S/c29-21(27-24-26-15-16-32-24)11-12-23(31)28(17-20-9-5-2-6-10-20)18-22(30)25-14-13-19-7-3-1-4-8-19/h1-10,15-16H,11-14,17-18H2,(H,25,30)(H,26,27,29). The first-order valence-corrected chi connectivity index (χ1v) is 11.3. The maximum atomic E-state index is 12.8. The summed E-state index contributed by atoms with van der Waals surface area (Å²) in [5, 5.41) is 7.81. The van der Waals surface area contributed by atoms with Crippen LogP contribution in [0, 0.1) is 0 Å². The zero-order chi connectivity index (χ0) is 22.6. The minimum atomic E-state index is -0.278.